The molecule has 4 nitrogen and oxygen atoms in total. The Morgan fingerprint density at radius 1 is 1.05 bits per heavy atom. The largest absolute Gasteiger partial charge is 0.493 e. The van der Waals surface area contributed by atoms with Crippen LogP contribution in [0.1, 0.15) is 47.0 Å². The molecule has 118 valence electrons. The summed E-state index contributed by atoms with van der Waals surface area (Å²) in [6.45, 7) is 8.78. The fourth-order valence-electron chi connectivity index (χ4n) is 1.55. The predicted molar refractivity (Wildman–Crippen MR) is 86.3 cm³/mol. The Bertz CT molecular complexity index is 403. The van der Waals surface area contributed by atoms with E-state index < -0.39 is 0 Å². The molecule has 0 bridgehead atoms. The van der Waals surface area contributed by atoms with Gasteiger partial charge in [-0.1, -0.05) is 19.0 Å². The van der Waals surface area contributed by atoms with Crippen LogP contribution in [0.25, 0.3) is 0 Å². The highest BCUT2D eigenvalue weighted by Gasteiger charge is 2.04. The molecular formula is C17H27NO3. The van der Waals surface area contributed by atoms with E-state index in [-0.39, 0.29) is 12.2 Å². The lowest BCUT2D eigenvalue weighted by molar-refractivity contribution is 0.0565. The van der Waals surface area contributed by atoms with Crippen molar-refractivity contribution < 1.29 is 14.3 Å². The van der Waals surface area contributed by atoms with E-state index in [4.69, 9.17) is 14.3 Å². The fraction of sp³-hybridized carbons (Fsp3) is 0.588. The van der Waals surface area contributed by atoms with Gasteiger partial charge in [0.05, 0.1) is 12.7 Å². The minimum Gasteiger partial charge on any atom is -0.493 e. The van der Waals surface area contributed by atoms with Gasteiger partial charge in [0.2, 0.25) is 0 Å². The molecular weight excluding hydrogens is 266 g/mol. The Morgan fingerprint density at radius 2 is 1.71 bits per heavy atom. The predicted octanol–water partition coefficient (Wildman–Crippen LogP) is 4.43. The molecule has 2 unspecified atom stereocenters. The first-order valence-corrected chi connectivity index (χ1v) is 7.72. The third-order valence-electron chi connectivity index (χ3n) is 3.03. The van der Waals surface area contributed by atoms with Crippen molar-refractivity contribution in [1.29, 1.82) is 0 Å². The van der Waals surface area contributed by atoms with Crippen molar-refractivity contribution in [3.8, 4) is 11.5 Å². The lowest BCUT2D eigenvalue weighted by atomic mass is 10.3. The summed E-state index contributed by atoms with van der Waals surface area (Å²) in [4.78, 5) is 5.26. The van der Waals surface area contributed by atoms with Gasteiger partial charge in [0.25, 0.3) is 0 Å². The lowest BCUT2D eigenvalue weighted by Crippen LogP contribution is -2.11. The number of rotatable bonds is 10. The second kappa shape index (κ2) is 10.1. The molecule has 0 heterocycles. The average Bonchev–Trinajstić information content (AvgIpc) is 2.49. The van der Waals surface area contributed by atoms with Gasteiger partial charge in [-0.25, -0.2) is 0 Å². The minimum absolute atomic E-state index is 0.0563. The van der Waals surface area contributed by atoms with Crippen molar-refractivity contribution in [2.45, 2.75) is 59.2 Å². The zero-order valence-electron chi connectivity index (χ0n) is 13.5. The lowest BCUT2D eigenvalue weighted by Gasteiger charge is -2.13. The number of oxime groups is 1. The Labute approximate surface area is 128 Å². The highest BCUT2D eigenvalue weighted by atomic mass is 16.6. The van der Waals surface area contributed by atoms with E-state index in [1.54, 1.807) is 6.21 Å². The van der Waals surface area contributed by atoms with Gasteiger partial charge in [0, 0.05) is 12.6 Å². The van der Waals surface area contributed by atoms with E-state index in [0.29, 0.717) is 6.61 Å². The molecule has 0 amide bonds. The second-order valence-electron chi connectivity index (χ2n) is 5.06. The molecule has 0 saturated carbocycles. The molecule has 0 fully saturated rings. The van der Waals surface area contributed by atoms with Crippen molar-refractivity contribution in [3.05, 3.63) is 24.3 Å². The van der Waals surface area contributed by atoms with Crippen LogP contribution in [0.2, 0.25) is 0 Å². The van der Waals surface area contributed by atoms with Crippen molar-refractivity contribution in [2.75, 3.05) is 6.61 Å². The molecule has 0 N–H and O–H groups in total. The van der Waals surface area contributed by atoms with Crippen LogP contribution in [0.3, 0.4) is 0 Å². The van der Waals surface area contributed by atoms with Crippen LogP contribution in [-0.4, -0.2) is 25.0 Å². The van der Waals surface area contributed by atoms with Crippen LogP contribution in [-0.2, 0) is 4.84 Å². The number of ether oxygens (including phenoxy) is 2. The quantitative estimate of drug-likeness (QED) is 0.473. The molecule has 4 heteroatoms. The Balaban J connectivity index is 2.27. The first-order chi connectivity index (χ1) is 10.2. The summed E-state index contributed by atoms with van der Waals surface area (Å²) in [7, 11) is 0. The third kappa shape index (κ3) is 7.59. The van der Waals surface area contributed by atoms with E-state index in [9.17, 15) is 0 Å². The Kier molecular flexibility index (Phi) is 8.32. The SMILES string of the molecule is CC/C=N/OC(C)CCOc1ccc(OC(C)CC)cc1. The number of benzene rings is 1. The summed E-state index contributed by atoms with van der Waals surface area (Å²) in [5.41, 5.74) is 0. The molecule has 0 aliphatic carbocycles. The summed E-state index contributed by atoms with van der Waals surface area (Å²) >= 11 is 0. The van der Waals surface area contributed by atoms with Crippen LogP contribution in [0.4, 0.5) is 0 Å². The zero-order chi connectivity index (χ0) is 15.5. The van der Waals surface area contributed by atoms with Crippen molar-refractivity contribution in [2.24, 2.45) is 5.16 Å². The fourth-order valence-corrected chi connectivity index (χ4v) is 1.55. The van der Waals surface area contributed by atoms with Crippen LogP contribution < -0.4 is 9.47 Å². The Morgan fingerprint density at radius 3 is 2.33 bits per heavy atom. The maximum atomic E-state index is 5.72. The molecule has 1 rings (SSSR count). The topological polar surface area (TPSA) is 40.0 Å². The number of nitrogens with zero attached hydrogens (tertiary/aromatic N) is 1. The number of hydrogen-bond donors (Lipinski definition) is 0. The minimum atomic E-state index is 0.0563. The van der Waals surface area contributed by atoms with Gasteiger partial charge in [-0.15, -0.1) is 0 Å². The third-order valence-corrected chi connectivity index (χ3v) is 3.03. The average molecular weight is 293 g/mol. The molecule has 21 heavy (non-hydrogen) atoms. The number of hydrogen-bond acceptors (Lipinski definition) is 4. The first-order valence-electron chi connectivity index (χ1n) is 7.72. The molecule has 0 radical (unpaired) electrons. The van der Waals surface area contributed by atoms with E-state index in [1.807, 2.05) is 38.1 Å². The van der Waals surface area contributed by atoms with E-state index in [1.165, 1.54) is 0 Å². The van der Waals surface area contributed by atoms with Crippen molar-refractivity contribution in [3.63, 3.8) is 0 Å². The summed E-state index contributed by atoms with van der Waals surface area (Å²) in [6.07, 6.45) is 4.73. The molecule has 0 aliphatic heterocycles. The normalized spacial score (nSPS) is 13.9. The van der Waals surface area contributed by atoms with Gasteiger partial charge in [-0.3, -0.25) is 0 Å². The molecule has 0 aliphatic rings. The summed E-state index contributed by atoms with van der Waals surface area (Å²) in [5.74, 6) is 1.72. The van der Waals surface area contributed by atoms with Crippen LogP contribution in [0.5, 0.6) is 11.5 Å². The maximum absolute atomic E-state index is 5.72. The standard InChI is InChI=1S/C17H27NO3/c1-5-12-18-21-15(4)11-13-19-16-7-9-17(10-8-16)20-14(3)6-2/h7-10,12,14-15H,5-6,11,13H2,1-4H3/b18-12+. The second-order valence-corrected chi connectivity index (χ2v) is 5.06. The molecule has 0 spiro atoms. The highest BCUT2D eigenvalue weighted by molar-refractivity contribution is 5.55. The summed E-state index contributed by atoms with van der Waals surface area (Å²) in [5, 5.41) is 3.87. The monoisotopic (exact) mass is 293 g/mol. The molecule has 0 saturated heterocycles. The van der Waals surface area contributed by atoms with Crippen molar-refractivity contribution >= 4 is 6.21 Å². The van der Waals surface area contributed by atoms with Gasteiger partial charge in [0.15, 0.2) is 0 Å². The maximum Gasteiger partial charge on any atom is 0.128 e. The van der Waals surface area contributed by atoms with Gasteiger partial charge < -0.3 is 14.3 Å². The molecule has 1 aromatic carbocycles. The van der Waals surface area contributed by atoms with Gasteiger partial charge >= 0.3 is 0 Å². The van der Waals surface area contributed by atoms with Gasteiger partial charge in [0.1, 0.15) is 17.6 Å². The Hall–Kier alpha value is -1.71. The highest BCUT2D eigenvalue weighted by Crippen LogP contribution is 2.19. The molecule has 0 aromatic heterocycles. The zero-order valence-corrected chi connectivity index (χ0v) is 13.5. The van der Waals surface area contributed by atoms with Gasteiger partial charge in [-0.2, -0.15) is 0 Å². The van der Waals surface area contributed by atoms with E-state index >= 15 is 0 Å². The van der Waals surface area contributed by atoms with Crippen molar-refractivity contribution in [1.82, 2.24) is 0 Å². The van der Waals surface area contributed by atoms with Crippen LogP contribution in [0, 0.1) is 0 Å². The molecule has 2 atom stereocenters. The smallest absolute Gasteiger partial charge is 0.128 e. The molecule has 1 aromatic rings. The summed E-state index contributed by atoms with van der Waals surface area (Å²) in [6, 6.07) is 7.73. The van der Waals surface area contributed by atoms with E-state index in [0.717, 1.165) is 30.8 Å². The van der Waals surface area contributed by atoms with E-state index in [2.05, 4.69) is 19.0 Å². The van der Waals surface area contributed by atoms with Crippen LogP contribution in [0.15, 0.2) is 29.4 Å². The summed E-state index contributed by atoms with van der Waals surface area (Å²) < 4.78 is 11.4. The van der Waals surface area contributed by atoms with Crippen LogP contribution >= 0.6 is 0 Å². The first kappa shape index (κ1) is 17.3. The van der Waals surface area contributed by atoms with Gasteiger partial charge in [-0.05, 0) is 51.0 Å².